The number of carbonyl (C=O) groups excluding carboxylic acids is 2. The number of alkyl halides is 8. The van der Waals surface area contributed by atoms with E-state index in [1.54, 1.807) is 0 Å². The smallest absolute Gasteiger partial charge is 0.381 e. The van der Waals surface area contributed by atoms with Gasteiger partial charge in [0.15, 0.2) is 6.61 Å². The average Bonchev–Trinajstić information content (AvgIpc) is 2.66. The van der Waals surface area contributed by atoms with Crippen LogP contribution in [0.5, 0.6) is 0 Å². The standard InChI is InChI=1S/C19H22F8O4/c20-16(21)18(24,25)19(26,27)17(22,23)8-30-13(28)1-2-14(29)31-15-11-4-9-3-10(6-11)7-12(15)5-9/h9-12,15-16H,1-8H2. The topological polar surface area (TPSA) is 52.6 Å². The van der Waals surface area contributed by atoms with Gasteiger partial charge in [-0.05, 0) is 55.8 Å². The van der Waals surface area contributed by atoms with Crippen LogP contribution in [0.2, 0.25) is 0 Å². The normalized spacial score (nSPS) is 30.5. The number of hydrogen-bond donors (Lipinski definition) is 0. The molecule has 0 aromatic rings. The third-order valence-electron chi connectivity index (χ3n) is 6.51. The van der Waals surface area contributed by atoms with Gasteiger partial charge >= 0.3 is 36.1 Å². The molecule has 4 rings (SSSR count). The molecule has 4 bridgehead atoms. The predicted octanol–water partition coefficient (Wildman–Crippen LogP) is 4.85. The van der Waals surface area contributed by atoms with Crippen LogP contribution >= 0.6 is 0 Å². The molecule has 178 valence electrons. The van der Waals surface area contributed by atoms with Crippen molar-refractivity contribution in [2.45, 2.75) is 75.2 Å². The summed E-state index contributed by atoms with van der Waals surface area (Å²) < 4.78 is 112. The van der Waals surface area contributed by atoms with Gasteiger partial charge in [-0.25, -0.2) is 8.78 Å². The molecule has 4 saturated carbocycles. The van der Waals surface area contributed by atoms with Crippen molar-refractivity contribution in [1.29, 1.82) is 0 Å². The lowest BCUT2D eigenvalue weighted by molar-refractivity contribution is -0.344. The Labute approximate surface area is 172 Å². The molecule has 12 heteroatoms. The summed E-state index contributed by atoms with van der Waals surface area (Å²) in [7, 11) is 0. The van der Waals surface area contributed by atoms with Crippen molar-refractivity contribution in [2.24, 2.45) is 23.7 Å². The number of ether oxygens (including phenoxy) is 2. The van der Waals surface area contributed by atoms with Crippen LogP contribution in [-0.2, 0) is 19.1 Å². The molecular formula is C19H22F8O4. The fourth-order valence-corrected chi connectivity index (χ4v) is 5.20. The molecule has 0 aromatic heterocycles. The van der Waals surface area contributed by atoms with Crippen LogP contribution in [0.15, 0.2) is 0 Å². The van der Waals surface area contributed by atoms with Gasteiger partial charge in [-0.2, -0.15) is 26.3 Å². The largest absolute Gasteiger partial charge is 0.462 e. The minimum absolute atomic E-state index is 0.240. The highest BCUT2D eigenvalue weighted by Crippen LogP contribution is 2.54. The molecule has 4 aliphatic rings. The van der Waals surface area contributed by atoms with Gasteiger partial charge in [-0.15, -0.1) is 0 Å². The van der Waals surface area contributed by atoms with Crippen molar-refractivity contribution in [3.63, 3.8) is 0 Å². The minimum atomic E-state index is -6.45. The van der Waals surface area contributed by atoms with Crippen LogP contribution in [0.1, 0.15) is 44.9 Å². The molecule has 0 amide bonds. The van der Waals surface area contributed by atoms with Crippen molar-refractivity contribution in [1.82, 2.24) is 0 Å². The highest BCUT2D eigenvalue weighted by molar-refractivity contribution is 5.77. The van der Waals surface area contributed by atoms with Crippen molar-refractivity contribution >= 4 is 11.9 Å². The van der Waals surface area contributed by atoms with E-state index in [1.165, 1.54) is 6.42 Å². The zero-order valence-electron chi connectivity index (χ0n) is 16.3. The number of hydrogen-bond acceptors (Lipinski definition) is 4. The number of carbonyl (C=O) groups is 2. The number of rotatable bonds is 9. The lowest BCUT2D eigenvalue weighted by Crippen LogP contribution is -2.59. The van der Waals surface area contributed by atoms with Crippen LogP contribution in [-0.4, -0.2) is 48.8 Å². The van der Waals surface area contributed by atoms with Gasteiger partial charge in [0, 0.05) is 0 Å². The fourth-order valence-electron chi connectivity index (χ4n) is 5.20. The summed E-state index contributed by atoms with van der Waals surface area (Å²) in [5.74, 6) is -19.1. The van der Waals surface area contributed by atoms with Crippen molar-refractivity contribution in [3.05, 3.63) is 0 Å². The number of esters is 2. The van der Waals surface area contributed by atoms with Crippen molar-refractivity contribution < 1.29 is 54.2 Å². The van der Waals surface area contributed by atoms with Gasteiger partial charge in [-0.3, -0.25) is 9.59 Å². The molecule has 0 N–H and O–H groups in total. The Morgan fingerprint density at radius 3 is 1.77 bits per heavy atom. The zero-order valence-corrected chi connectivity index (χ0v) is 16.3. The average molecular weight is 466 g/mol. The van der Waals surface area contributed by atoms with Gasteiger partial charge in [-0.1, -0.05) is 0 Å². The Morgan fingerprint density at radius 2 is 1.29 bits per heavy atom. The second kappa shape index (κ2) is 8.38. The summed E-state index contributed by atoms with van der Waals surface area (Å²) >= 11 is 0. The molecule has 0 spiro atoms. The summed E-state index contributed by atoms with van der Waals surface area (Å²) in [5, 5.41) is 0. The van der Waals surface area contributed by atoms with Crippen molar-refractivity contribution in [3.8, 4) is 0 Å². The second-order valence-electron chi connectivity index (χ2n) is 8.75. The Hall–Kier alpha value is -1.62. The molecule has 0 saturated heterocycles. The van der Waals surface area contributed by atoms with Gasteiger partial charge in [0.05, 0.1) is 12.8 Å². The summed E-state index contributed by atoms with van der Waals surface area (Å²) in [6.07, 6.45) is -1.69. The van der Waals surface area contributed by atoms with Crippen LogP contribution < -0.4 is 0 Å². The van der Waals surface area contributed by atoms with Crippen LogP contribution in [0.25, 0.3) is 0 Å². The first kappa shape index (κ1) is 24.0. The Bertz CT molecular complexity index is 668. The maximum atomic E-state index is 13.4. The van der Waals surface area contributed by atoms with E-state index in [0.717, 1.165) is 25.7 Å². The summed E-state index contributed by atoms with van der Waals surface area (Å²) in [6, 6.07) is 0. The number of halogens is 8. The molecule has 0 aromatic carbocycles. The summed E-state index contributed by atoms with van der Waals surface area (Å²) in [5.41, 5.74) is 0. The molecule has 0 aliphatic heterocycles. The maximum Gasteiger partial charge on any atom is 0.381 e. The third kappa shape index (κ3) is 4.62. The van der Waals surface area contributed by atoms with Crippen LogP contribution in [0.3, 0.4) is 0 Å². The van der Waals surface area contributed by atoms with Gasteiger partial charge < -0.3 is 9.47 Å². The summed E-state index contributed by atoms with van der Waals surface area (Å²) in [4.78, 5) is 23.5. The lowest BCUT2D eigenvalue weighted by atomic mass is 9.55. The van der Waals surface area contributed by atoms with Crippen LogP contribution in [0.4, 0.5) is 35.1 Å². The Morgan fingerprint density at radius 1 is 0.806 bits per heavy atom. The van der Waals surface area contributed by atoms with Crippen LogP contribution in [0, 0.1) is 23.7 Å². The first-order chi connectivity index (χ1) is 14.2. The monoisotopic (exact) mass is 466 g/mol. The molecule has 31 heavy (non-hydrogen) atoms. The summed E-state index contributed by atoms with van der Waals surface area (Å²) in [6.45, 7) is -2.54. The maximum absolute atomic E-state index is 13.4. The second-order valence-corrected chi connectivity index (χ2v) is 8.75. The van der Waals surface area contributed by atoms with E-state index in [4.69, 9.17) is 4.74 Å². The molecule has 0 atom stereocenters. The molecule has 0 radical (unpaired) electrons. The quantitative estimate of drug-likeness (QED) is 0.360. The SMILES string of the molecule is O=C(CCC(=O)OC1C2CC3CC(C2)CC1C3)OCC(F)(F)C(F)(F)C(F)(F)C(F)F. The molecule has 0 unspecified atom stereocenters. The minimum Gasteiger partial charge on any atom is -0.462 e. The highest BCUT2D eigenvalue weighted by atomic mass is 19.4. The van der Waals surface area contributed by atoms with E-state index in [2.05, 4.69) is 4.74 Å². The first-order valence-corrected chi connectivity index (χ1v) is 10.0. The van der Waals surface area contributed by atoms with E-state index in [9.17, 15) is 44.7 Å². The van der Waals surface area contributed by atoms with Gasteiger partial charge in [0.1, 0.15) is 6.10 Å². The Balaban J connectivity index is 1.44. The van der Waals surface area contributed by atoms with E-state index in [1.807, 2.05) is 0 Å². The van der Waals surface area contributed by atoms with E-state index >= 15 is 0 Å². The van der Waals surface area contributed by atoms with Gasteiger partial charge in [0.2, 0.25) is 0 Å². The molecular weight excluding hydrogens is 444 g/mol. The van der Waals surface area contributed by atoms with E-state index in [-0.39, 0.29) is 17.9 Å². The highest BCUT2D eigenvalue weighted by Gasteiger charge is 2.75. The van der Waals surface area contributed by atoms with Gasteiger partial charge in [0.25, 0.3) is 0 Å². The molecule has 4 fully saturated rings. The molecule has 4 nitrogen and oxygen atoms in total. The van der Waals surface area contributed by atoms with E-state index < -0.39 is 55.6 Å². The predicted molar refractivity (Wildman–Crippen MR) is 88.0 cm³/mol. The lowest BCUT2D eigenvalue weighted by Gasteiger charge is -2.53. The zero-order chi connectivity index (χ0) is 23.2. The Kier molecular flexibility index (Phi) is 6.50. The third-order valence-corrected chi connectivity index (χ3v) is 6.51. The molecule has 0 heterocycles. The van der Waals surface area contributed by atoms with Crippen molar-refractivity contribution in [2.75, 3.05) is 6.61 Å². The molecule has 4 aliphatic carbocycles. The first-order valence-electron chi connectivity index (χ1n) is 10.0. The van der Waals surface area contributed by atoms with E-state index in [0.29, 0.717) is 11.8 Å². The fraction of sp³-hybridized carbons (Fsp3) is 0.895.